The summed E-state index contributed by atoms with van der Waals surface area (Å²) in [6.07, 6.45) is 1.20. The van der Waals surface area contributed by atoms with Crippen LogP contribution < -0.4 is 0 Å². The molecule has 0 bridgehead atoms. The van der Waals surface area contributed by atoms with Gasteiger partial charge in [0.2, 0.25) is 0 Å². The van der Waals surface area contributed by atoms with Crippen molar-refractivity contribution in [2.24, 2.45) is 0 Å². The molecule has 6 heteroatoms. The van der Waals surface area contributed by atoms with Crippen LogP contribution in [-0.4, -0.2) is 29.3 Å². The van der Waals surface area contributed by atoms with E-state index >= 15 is 0 Å². The number of rotatable bonds is 6. The summed E-state index contributed by atoms with van der Waals surface area (Å²) in [5, 5.41) is 9.27. The highest BCUT2D eigenvalue weighted by atomic mass is 79.9. The molecule has 0 aromatic heterocycles. The van der Waals surface area contributed by atoms with E-state index in [1.54, 1.807) is 17.0 Å². The molecule has 144 valence electrons. The Balaban J connectivity index is 1.83. The van der Waals surface area contributed by atoms with Gasteiger partial charge in [-0.3, -0.25) is 0 Å². The standard InChI is InChI=1S/C21H23BrFNO3/c1-15(16-4-2-5-18(22)14-16)24-12-11-21(10-3-13-25,27-20(24)26)17-6-8-19(23)9-7-17/h2,4-9,14-15,25H,3,10-13H2,1H3/t15-,21?/m0/s1. The molecule has 1 aliphatic heterocycles. The lowest BCUT2D eigenvalue weighted by molar-refractivity contribution is -0.0680. The van der Waals surface area contributed by atoms with Crippen LogP contribution in [0.4, 0.5) is 9.18 Å². The van der Waals surface area contributed by atoms with Crippen molar-refractivity contribution in [1.82, 2.24) is 4.90 Å². The molecule has 1 N–H and O–H groups in total. The van der Waals surface area contributed by atoms with E-state index in [1.807, 2.05) is 31.2 Å². The van der Waals surface area contributed by atoms with E-state index in [0.717, 1.165) is 15.6 Å². The zero-order valence-corrected chi connectivity index (χ0v) is 16.8. The Hall–Kier alpha value is -1.92. The first-order valence-corrected chi connectivity index (χ1v) is 9.86. The summed E-state index contributed by atoms with van der Waals surface area (Å²) in [5.41, 5.74) is 0.951. The van der Waals surface area contributed by atoms with Gasteiger partial charge in [0.25, 0.3) is 0 Å². The molecular weight excluding hydrogens is 413 g/mol. The molecule has 0 radical (unpaired) electrons. The SMILES string of the molecule is C[C@@H](c1cccc(Br)c1)N1CCC(CCCO)(c2ccc(F)cc2)OC1=O. The largest absolute Gasteiger partial charge is 0.438 e. The molecule has 1 amide bonds. The van der Waals surface area contributed by atoms with Gasteiger partial charge < -0.3 is 14.7 Å². The van der Waals surface area contributed by atoms with E-state index in [2.05, 4.69) is 15.9 Å². The molecule has 1 saturated heterocycles. The van der Waals surface area contributed by atoms with Crippen LogP contribution in [0, 0.1) is 5.82 Å². The summed E-state index contributed by atoms with van der Waals surface area (Å²) >= 11 is 3.46. The van der Waals surface area contributed by atoms with Crippen molar-refractivity contribution < 1.29 is 19.0 Å². The Morgan fingerprint density at radius 3 is 2.67 bits per heavy atom. The molecule has 1 fully saturated rings. The van der Waals surface area contributed by atoms with E-state index < -0.39 is 11.7 Å². The van der Waals surface area contributed by atoms with E-state index in [-0.39, 0.29) is 18.5 Å². The van der Waals surface area contributed by atoms with E-state index in [0.29, 0.717) is 25.8 Å². The lowest BCUT2D eigenvalue weighted by atomic mass is 9.84. The van der Waals surface area contributed by atoms with Crippen molar-refractivity contribution in [3.63, 3.8) is 0 Å². The summed E-state index contributed by atoms with van der Waals surface area (Å²) in [6.45, 7) is 2.51. The summed E-state index contributed by atoms with van der Waals surface area (Å²) in [6, 6.07) is 13.8. The summed E-state index contributed by atoms with van der Waals surface area (Å²) in [4.78, 5) is 14.6. The molecule has 3 rings (SSSR count). The first kappa shape index (κ1) is 19.8. The third kappa shape index (κ3) is 4.33. The maximum absolute atomic E-state index is 13.3. The maximum Gasteiger partial charge on any atom is 0.411 e. The summed E-state index contributed by atoms with van der Waals surface area (Å²) < 4.78 is 20.2. The van der Waals surface area contributed by atoms with Crippen molar-refractivity contribution in [3.05, 3.63) is 69.9 Å². The fourth-order valence-corrected chi connectivity index (χ4v) is 4.03. The molecular formula is C21H23BrFNO3. The maximum atomic E-state index is 13.3. The van der Waals surface area contributed by atoms with E-state index in [1.165, 1.54) is 12.1 Å². The molecule has 4 nitrogen and oxygen atoms in total. The molecule has 0 spiro atoms. The van der Waals surface area contributed by atoms with E-state index in [4.69, 9.17) is 4.74 Å². The van der Waals surface area contributed by atoms with Gasteiger partial charge in [-0.2, -0.15) is 0 Å². The number of ether oxygens (including phenoxy) is 1. The highest BCUT2D eigenvalue weighted by Crippen LogP contribution is 2.40. The van der Waals surface area contributed by atoms with Crippen LogP contribution in [0.1, 0.15) is 43.4 Å². The van der Waals surface area contributed by atoms with Gasteiger partial charge in [0.05, 0.1) is 6.04 Å². The Bertz CT molecular complexity index is 798. The van der Waals surface area contributed by atoms with Crippen molar-refractivity contribution in [2.45, 2.75) is 37.8 Å². The highest BCUT2D eigenvalue weighted by Gasteiger charge is 2.43. The van der Waals surface area contributed by atoms with Crippen molar-refractivity contribution in [2.75, 3.05) is 13.2 Å². The molecule has 2 atom stereocenters. The number of halogens is 2. The molecule has 2 aromatic rings. The van der Waals surface area contributed by atoms with Gasteiger partial charge in [0.15, 0.2) is 0 Å². The number of aliphatic hydroxyl groups excluding tert-OH is 1. The first-order chi connectivity index (χ1) is 12.9. The number of aliphatic hydroxyl groups is 1. The zero-order chi connectivity index (χ0) is 19.4. The number of hydrogen-bond acceptors (Lipinski definition) is 3. The Morgan fingerprint density at radius 1 is 1.30 bits per heavy atom. The van der Waals surface area contributed by atoms with Gasteiger partial charge in [-0.1, -0.05) is 40.2 Å². The van der Waals surface area contributed by atoms with Crippen LogP contribution in [0.2, 0.25) is 0 Å². The highest BCUT2D eigenvalue weighted by molar-refractivity contribution is 9.10. The number of carbonyl (C=O) groups is 1. The minimum absolute atomic E-state index is 0.0126. The second kappa shape index (κ2) is 8.40. The van der Waals surface area contributed by atoms with Crippen molar-refractivity contribution >= 4 is 22.0 Å². The third-order valence-corrected chi connectivity index (χ3v) is 5.67. The van der Waals surface area contributed by atoms with Gasteiger partial charge in [-0.15, -0.1) is 0 Å². The summed E-state index contributed by atoms with van der Waals surface area (Å²) in [5.74, 6) is -0.330. The quantitative estimate of drug-likeness (QED) is 0.681. The second-order valence-corrected chi connectivity index (χ2v) is 7.79. The minimum Gasteiger partial charge on any atom is -0.438 e. The van der Waals surface area contributed by atoms with Crippen LogP contribution in [0.25, 0.3) is 0 Å². The number of benzene rings is 2. The molecule has 2 aromatic carbocycles. The van der Waals surface area contributed by atoms with Crippen LogP contribution in [-0.2, 0) is 10.3 Å². The van der Waals surface area contributed by atoms with Crippen LogP contribution in [0.15, 0.2) is 53.0 Å². The fourth-order valence-electron chi connectivity index (χ4n) is 3.61. The molecule has 0 saturated carbocycles. The van der Waals surface area contributed by atoms with E-state index in [9.17, 15) is 14.3 Å². The number of nitrogens with zero attached hydrogens (tertiary/aromatic N) is 1. The monoisotopic (exact) mass is 435 g/mol. The number of cyclic esters (lactones) is 1. The Kier molecular flexibility index (Phi) is 6.17. The lowest BCUT2D eigenvalue weighted by Gasteiger charge is -2.43. The minimum atomic E-state index is -0.832. The smallest absolute Gasteiger partial charge is 0.411 e. The van der Waals surface area contributed by atoms with Crippen LogP contribution in [0.5, 0.6) is 0 Å². The van der Waals surface area contributed by atoms with Gasteiger partial charge >= 0.3 is 6.09 Å². The molecule has 27 heavy (non-hydrogen) atoms. The average Bonchev–Trinajstić information content (AvgIpc) is 2.66. The van der Waals surface area contributed by atoms with Gasteiger partial charge in [0.1, 0.15) is 11.4 Å². The Labute approximate surface area is 167 Å². The molecule has 1 unspecified atom stereocenters. The first-order valence-electron chi connectivity index (χ1n) is 9.07. The molecule has 1 aliphatic rings. The van der Waals surface area contributed by atoms with Crippen LogP contribution in [0.3, 0.4) is 0 Å². The number of carbonyl (C=O) groups excluding carboxylic acids is 1. The summed E-state index contributed by atoms with van der Waals surface area (Å²) in [7, 11) is 0. The Morgan fingerprint density at radius 2 is 2.04 bits per heavy atom. The molecule has 1 heterocycles. The topological polar surface area (TPSA) is 49.8 Å². The van der Waals surface area contributed by atoms with Gasteiger partial charge in [-0.25, -0.2) is 9.18 Å². The number of hydrogen-bond donors (Lipinski definition) is 1. The van der Waals surface area contributed by atoms with Gasteiger partial charge in [0, 0.05) is 24.0 Å². The van der Waals surface area contributed by atoms with Crippen molar-refractivity contribution in [1.29, 1.82) is 0 Å². The fraction of sp³-hybridized carbons (Fsp3) is 0.381. The zero-order valence-electron chi connectivity index (χ0n) is 15.2. The molecule has 0 aliphatic carbocycles. The third-order valence-electron chi connectivity index (χ3n) is 5.18. The normalized spacial score (nSPS) is 21.0. The second-order valence-electron chi connectivity index (χ2n) is 6.87. The van der Waals surface area contributed by atoms with Crippen molar-refractivity contribution in [3.8, 4) is 0 Å². The lowest BCUT2D eigenvalue weighted by Crippen LogP contribution is -2.48. The average molecular weight is 436 g/mol. The number of amides is 1. The van der Waals surface area contributed by atoms with Crippen LogP contribution >= 0.6 is 15.9 Å². The predicted octanol–water partition coefficient (Wildman–Crippen LogP) is 5.16. The predicted molar refractivity (Wildman–Crippen MR) is 105 cm³/mol. The van der Waals surface area contributed by atoms with Gasteiger partial charge in [-0.05, 0) is 55.2 Å².